The van der Waals surface area contributed by atoms with Gasteiger partial charge in [0.15, 0.2) is 0 Å². The third-order valence-electron chi connectivity index (χ3n) is 6.26. The standard InChI is InChI=1S/C24H25ClFN5OS.ClH/c25-20-13-28-21-3-1-15(26)11-19(21)18(20)7-10-31-8-5-16(6-9-31)27-12-17-2-4-22-24(29-17)30-23(32)14-33-22;/h1-4,11,13,16,27H,5-10,12,14H2,(H,29,30,32);1H. The number of carbonyl (C=O) groups is 1. The number of nitrogens with one attached hydrogen (secondary N) is 2. The molecule has 1 saturated heterocycles. The van der Waals surface area contributed by atoms with Crippen molar-refractivity contribution in [2.45, 2.75) is 36.7 Å². The molecule has 180 valence electrons. The van der Waals surface area contributed by atoms with Crippen molar-refractivity contribution in [1.29, 1.82) is 0 Å². The van der Waals surface area contributed by atoms with E-state index in [1.165, 1.54) is 23.9 Å². The van der Waals surface area contributed by atoms with E-state index in [1.54, 1.807) is 12.3 Å². The summed E-state index contributed by atoms with van der Waals surface area (Å²) < 4.78 is 13.8. The fourth-order valence-corrected chi connectivity index (χ4v) is 5.43. The zero-order valence-electron chi connectivity index (χ0n) is 18.5. The third-order valence-corrected chi connectivity index (χ3v) is 7.63. The van der Waals surface area contributed by atoms with Crippen LogP contribution >= 0.6 is 35.8 Å². The van der Waals surface area contributed by atoms with Crippen molar-refractivity contribution in [3.63, 3.8) is 0 Å². The molecule has 0 bridgehead atoms. The molecule has 34 heavy (non-hydrogen) atoms. The minimum Gasteiger partial charge on any atom is -0.309 e. The lowest BCUT2D eigenvalue weighted by molar-refractivity contribution is -0.113. The number of amides is 1. The maximum Gasteiger partial charge on any atom is 0.235 e. The van der Waals surface area contributed by atoms with E-state index >= 15 is 0 Å². The Balaban J connectivity index is 0.00000274. The average Bonchev–Trinajstić information content (AvgIpc) is 2.82. The zero-order chi connectivity index (χ0) is 22.8. The van der Waals surface area contributed by atoms with Crippen LogP contribution in [0.1, 0.15) is 24.1 Å². The monoisotopic (exact) mass is 521 g/mol. The Hall–Kier alpha value is -1.97. The van der Waals surface area contributed by atoms with Crippen molar-refractivity contribution in [1.82, 2.24) is 20.2 Å². The maximum atomic E-state index is 13.8. The van der Waals surface area contributed by atoms with E-state index in [2.05, 4.69) is 25.5 Å². The van der Waals surface area contributed by atoms with Crippen LogP contribution in [0, 0.1) is 5.82 Å². The largest absolute Gasteiger partial charge is 0.309 e. The van der Waals surface area contributed by atoms with Crippen molar-refractivity contribution in [3.05, 3.63) is 58.6 Å². The van der Waals surface area contributed by atoms with Gasteiger partial charge in [-0.15, -0.1) is 24.2 Å². The Labute approximate surface area is 213 Å². The number of carbonyl (C=O) groups excluding carboxylic acids is 1. The molecule has 0 unspecified atom stereocenters. The minimum atomic E-state index is -0.269. The van der Waals surface area contributed by atoms with Crippen LogP contribution in [0.5, 0.6) is 0 Å². The van der Waals surface area contributed by atoms with Gasteiger partial charge in [0.2, 0.25) is 5.91 Å². The first-order chi connectivity index (χ1) is 16.0. The van der Waals surface area contributed by atoms with Gasteiger partial charge in [0.25, 0.3) is 0 Å². The summed E-state index contributed by atoms with van der Waals surface area (Å²) in [6, 6.07) is 9.15. The molecule has 1 fully saturated rings. The molecule has 2 aromatic heterocycles. The van der Waals surface area contributed by atoms with Crippen LogP contribution in [0.3, 0.4) is 0 Å². The van der Waals surface area contributed by atoms with Crippen LogP contribution in [0.2, 0.25) is 5.02 Å². The molecule has 0 radical (unpaired) electrons. The Morgan fingerprint density at radius 3 is 2.88 bits per heavy atom. The van der Waals surface area contributed by atoms with Gasteiger partial charge in [-0.05, 0) is 68.2 Å². The van der Waals surface area contributed by atoms with Crippen molar-refractivity contribution < 1.29 is 9.18 Å². The molecule has 0 saturated carbocycles. The number of rotatable bonds is 6. The highest BCUT2D eigenvalue weighted by atomic mass is 35.5. The molecule has 0 aliphatic carbocycles. The average molecular weight is 522 g/mol. The molecule has 1 amide bonds. The van der Waals surface area contributed by atoms with E-state index in [4.69, 9.17) is 11.6 Å². The van der Waals surface area contributed by atoms with E-state index in [0.29, 0.717) is 29.2 Å². The summed E-state index contributed by atoms with van der Waals surface area (Å²) in [7, 11) is 0. The van der Waals surface area contributed by atoms with Gasteiger partial charge in [-0.1, -0.05) is 11.6 Å². The number of hydrogen-bond acceptors (Lipinski definition) is 6. The zero-order valence-corrected chi connectivity index (χ0v) is 20.9. The Morgan fingerprint density at radius 1 is 1.24 bits per heavy atom. The second-order valence-corrected chi connectivity index (χ2v) is 9.90. The van der Waals surface area contributed by atoms with E-state index in [9.17, 15) is 9.18 Å². The summed E-state index contributed by atoms with van der Waals surface area (Å²) in [5, 5.41) is 7.85. The molecule has 0 spiro atoms. The lowest BCUT2D eigenvalue weighted by atomic mass is 10.0. The molecule has 2 aliphatic heterocycles. The molecular formula is C24H26Cl2FN5OS. The number of thioether (sulfide) groups is 1. The van der Waals surface area contributed by atoms with Crippen LogP contribution < -0.4 is 10.6 Å². The maximum absolute atomic E-state index is 13.8. The van der Waals surface area contributed by atoms with Crippen molar-refractivity contribution in [2.24, 2.45) is 0 Å². The van der Waals surface area contributed by atoms with Gasteiger partial charge in [0, 0.05) is 30.7 Å². The number of anilines is 1. The van der Waals surface area contributed by atoms with Gasteiger partial charge < -0.3 is 15.5 Å². The van der Waals surface area contributed by atoms with Gasteiger partial charge in [-0.2, -0.15) is 0 Å². The van der Waals surface area contributed by atoms with E-state index in [-0.39, 0.29) is 24.1 Å². The van der Waals surface area contributed by atoms with Gasteiger partial charge in [-0.25, -0.2) is 9.37 Å². The quantitative estimate of drug-likeness (QED) is 0.490. The molecule has 1 aromatic carbocycles. The van der Waals surface area contributed by atoms with Crippen LogP contribution in [0.15, 0.2) is 41.4 Å². The highest BCUT2D eigenvalue weighted by molar-refractivity contribution is 8.00. The molecule has 10 heteroatoms. The van der Waals surface area contributed by atoms with Crippen LogP contribution in [0.4, 0.5) is 10.2 Å². The Morgan fingerprint density at radius 2 is 2.06 bits per heavy atom. The van der Waals surface area contributed by atoms with Crippen molar-refractivity contribution >= 4 is 58.4 Å². The molecule has 0 atom stereocenters. The smallest absolute Gasteiger partial charge is 0.235 e. The lowest BCUT2D eigenvalue weighted by Gasteiger charge is -2.32. The van der Waals surface area contributed by atoms with Crippen LogP contribution in [-0.2, 0) is 17.8 Å². The first kappa shape index (κ1) is 25.1. The number of fused-ring (bicyclic) bond motifs is 2. The number of benzene rings is 1. The topological polar surface area (TPSA) is 70.2 Å². The van der Waals surface area contributed by atoms with Crippen LogP contribution in [0.25, 0.3) is 10.9 Å². The predicted octanol–water partition coefficient (Wildman–Crippen LogP) is 4.69. The molecule has 6 nitrogen and oxygen atoms in total. The SMILES string of the molecule is Cl.O=C1CSc2ccc(CNC3CCN(CCc4c(Cl)cnc5ccc(F)cc45)CC3)nc2N1. The second-order valence-electron chi connectivity index (χ2n) is 8.48. The van der Waals surface area contributed by atoms with Gasteiger partial charge in [0.05, 0.1) is 26.9 Å². The second kappa shape index (κ2) is 11.2. The lowest BCUT2D eigenvalue weighted by Crippen LogP contribution is -2.43. The van der Waals surface area contributed by atoms with Gasteiger partial charge >= 0.3 is 0 Å². The van der Waals surface area contributed by atoms with Crippen molar-refractivity contribution in [2.75, 3.05) is 30.7 Å². The van der Waals surface area contributed by atoms with Gasteiger partial charge in [-0.3, -0.25) is 9.78 Å². The number of likely N-dealkylation sites (tertiary alicyclic amines) is 1. The first-order valence-electron chi connectivity index (χ1n) is 11.2. The molecular weight excluding hydrogens is 496 g/mol. The summed E-state index contributed by atoms with van der Waals surface area (Å²) >= 11 is 7.93. The van der Waals surface area contributed by atoms with Crippen molar-refractivity contribution in [3.8, 4) is 0 Å². The summed E-state index contributed by atoms with van der Waals surface area (Å²) in [6.45, 7) is 3.56. The minimum absolute atomic E-state index is 0. The summed E-state index contributed by atoms with van der Waals surface area (Å²) in [4.78, 5) is 24.0. The molecule has 3 aromatic rings. The summed E-state index contributed by atoms with van der Waals surface area (Å²) in [5.74, 6) is 0.858. The summed E-state index contributed by atoms with van der Waals surface area (Å²) in [6.07, 6.45) is 4.53. The van der Waals surface area contributed by atoms with Gasteiger partial charge in [0.1, 0.15) is 11.6 Å². The fraction of sp³-hybridized carbons (Fsp3) is 0.375. The number of nitrogens with zero attached hydrogens (tertiary/aromatic N) is 3. The third kappa shape index (κ3) is 5.80. The fourth-order valence-electron chi connectivity index (χ4n) is 4.43. The number of halogens is 3. The Kier molecular flexibility index (Phi) is 8.26. The normalized spacial score (nSPS) is 16.7. The molecule has 5 rings (SSSR count). The number of piperidine rings is 1. The van der Waals surface area contributed by atoms with E-state index in [0.717, 1.165) is 66.0 Å². The summed E-state index contributed by atoms with van der Waals surface area (Å²) in [5.41, 5.74) is 2.67. The molecule has 4 heterocycles. The number of aromatic nitrogens is 2. The highest BCUT2D eigenvalue weighted by Crippen LogP contribution is 2.30. The predicted molar refractivity (Wildman–Crippen MR) is 138 cm³/mol. The molecule has 2 N–H and O–H groups in total. The number of pyridine rings is 2. The van der Waals surface area contributed by atoms with E-state index < -0.39 is 0 Å². The molecule has 2 aliphatic rings. The number of hydrogen-bond donors (Lipinski definition) is 2. The highest BCUT2D eigenvalue weighted by Gasteiger charge is 2.21. The Bertz CT molecular complexity index is 1180. The van der Waals surface area contributed by atoms with Crippen LogP contribution in [-0.4, -0.2) is 52.2 Å². The first-order valence-corrected chi connectivity index (χ1v) is 12.5. The van der Waals surface area contributed by atoms with E-state index in [1.807, 2.05) is 12.1 Å².